The summed E-state index contributed by atoms with van der Waals surface area (Å²) in [5.74, 6) is 0.330. The summed E-state index contributed by atoms with van der Waals surface area (Å²) in [6.45, 7) is 2.34. The van der Waals surface area contributed by atoms with Crippen molar-refractivity contribution in [1.29, 1.82) is 0 Å². The van der Waals surface area contributed by atoms with Crippen LogP contribution in [0.1, 0.15) is 6.92 Å². The first-order chi connectivity index (χ1) is 5.24. The summed E-state index contributed by atoms with van der Waals surface area (Å²) in [6, 6.07) is 1.54. The van der Waals surface area contributed by atoms with Gasteiger partial charge in [0.2, 0.25) is 0 Å². The predicted molar refractivity (Wildman–Crippen MR) is 44.8 cm³/mol. The van der Waals surface area contributed by atoms with Crippen LogP contribution in [0.4, 0.5) is 0 Å². The smallest absolute Gasteiger partial charge is 0.256 e. The maximum Gasteiger partial charge on any atom is 0.256 e. The summed E-state index contributed by atoms with van der Waals surface area (Å²) in [7, 11) is 0. The number of ether oxygens (including phenoxy) is 1. The molecule has 3 nitrogen and oxygen atoms in total. The standard InChI is InChI=1S/C7H8BrNO2/c1-2-11-7-6(10)3-5(8)4-9-7/h3-4,10H,2H2,1H3. The van der Waals surface area contributed by atoms with Gasteiger partial charge in [-0.2, -0.15) is 0 Å². The highest BCUT2D eigenvalue weighted by Gasteiger charge is 2.02. The molecule has 11 heavy (non-hydrogen) atoms. The number of nitrogens with zero attached hydrogens (tertiary/aromatic N) is 1. The molecule has 0 spiro atoms. The van der Waals surface area contributed by atoms with Crippen molar-refractivity contribution < 1.29 is 9.84 Å². The SMILES string of the molecule is CCOc1ncc(Br)cc1O. The van der Waals surface area contributed by atoms with Crippen LogP contribution < -0.4 is 4.74 Å². The van der Waals surface area contributed by atoms with Gasteiger partial charge in [-0.25, -0.2) is 4.98 Å². The zero-order valence-electron chi connectivity index (χ0n) is 6.04. The molecule has 1 aromatic rings. The third kappa shape index (κ3) is 2.08. The Kier molecular flexibility index (Phi) is 2.70. The molecule has 0 saturated heterocycles. The molecule has 1 heterocycles. The summed E-state index contributed by atoms with van der Waals surface area (Å²) >= 11 is 3.17. The van der Waals surface area contributed by atoms with E-state index in [1.807, 2.05) is 6.92 Å². The van der Waals surface area contributed by atoms with E-state index in [1.54, 1.807) is 6.20 Å². The lowest BCUT2D eigenvalue weighted by Crippen LogP contribution is -1.93. The Morgan fingerprint density at radius 3 is 3.00 bits per heavy atom. The van der Waals surface area contributed by atoms with Crippen LogP contribution in [0.3, 0.4) is 0 Å². The molecule has 0 amide bonds. The molecule has 0 aliphatic carbocycles. The van der Waals surface area contributed by atoms with Crippen LogP contribution in [0, 0.1) is 0 Å². The third-order valence-electron chi connectivity index (χ3n) is 1.08. The minimum absolute atomic E-state index is 0.0567. The van der Waals surface area contributed by atoms with Crippen LogP contribution in [0.15, 0.2) is 16.7 Å². The molecular formula is C7H8BrNO2. The molecule has 0 aromatic carbocycles. The molecule has 1 rings (SSSR count). The van der Waals surface area contributed by atoms with E-state index in [0.717, 1.165) is 4.47 Å². The van der Waals surface area contributed by atoms with Gasteiger partial charge in [0.25, 0.3) is 5.88 Å². The summed E-state index contributed by atoms with van der Waals surface area (Å²) < 4.78 is 5.74. The molecule has 0 saturated carbocycles. The van der Waals surface area contributed by atoms with Gasteiger partial charge in [-0.05, 0) is 22.9 Å². The highest BCUT2D eigenvalue weighted by molar-refractivity contribution is 9.10. The van der Waals surface area contributed by atoms with Crippen molar-refractivity contribution in [3.05, 3.63) is 16.7 Å². The average Bonchev–Trinajstić information content (AvgIpc) is 1.95. The maximum absolute atomic E-state index is 9.20. The molecular weight excluding hydrogens is 210 g/mol. The Balaban J connectivity index is 2.90. The van der Waals surface area contributed by atoms with Crippen LogP contribution in [-0.4, -0.2) is 16.7 Å². The fourth-order valence-corrected chi connectivity index (χ4v) is 0.983. The first-order valence-corrected chi connectivity index (χ1v) is 4.00. The number of halogens is 1. The Bertz CT molecular complexity index is 252. The van der Waals surface area contributed by atoms with Crippen molar-refractivity contribution in [1.82, 2.24) is 4.98 Å². The highest BCUT2D eigenvalue weighted by Crippen LogP contribution is 2.25. The van der Waals surface area contributed by atoms with E-state index < -0.39 is 0 Å². The van der Waals surface area contributed by atoms with E-state index in [0.29, 0.717) is 6.61 Å². The van der Waals surface area contributed by atoms with Gasteiger partial charge < -0.3 is 9.84 Å². The van der Waals surface area contributed by atoms with E-state index in [2.05, 4.69) is 20.9 Å². The minimum atomic E-state index is 0.0567. The van der Waals surface area contributed by atoms with E-state index in [1.165, 1.54) is 6.07 Å². The summed E-state index contributed by atoms with van der Waals surface area (Å²) in [5, 5.41) is 9.20. The Hall–Kier alpha value is -0.770. The largest absolute Gasteiger partial charge is 0.503 e. The van der Waals surface area contributed by atoms with Gasteiger partial charge in [0.1, 0.15) is 0 Å². The normalized spacial score (nSPS) is 9.64. The van der Waals surface area contributed by atoms with Crippen LogP contribution in [0.25, 0.3) is 0 Å². The lowest BCUT2D eigenvalue weighted by atomic mass is 10.4. The average molecular weight is 218 g/mol. The molecule has 0 fully saturated rings. The van der Waals surface area contributed by atoms with Crippen LogP contribution in [0.5, 0.6) is 11.6 Å². The first-order valence-electron chi connectivity index (χ1n) is 3.21. The van der Waals surface area contributed by atoms with Gasteiger partial charge >= 0.3 is 0 Å². The number of pyridine rings is 1. The molecule has 1 N–H and O–H groups in total. The molecule has 4 heteroatoms. The van der Waals surface area contributed by atoms with E-state index in [-0.39, 0.29) is 11.6 Å². The molecule has 0 aliphatic rings. The topological polar surface area (TPSA) is 42.4 Å². The summed E-state index contributed by atoms with van der Waals surface area (Å²) in [6.07, 6.45) is 1.57. The van der Waals surface area contributed by atoms with Gasteiger partial charge in [-0.3, -0.25) is 0 Å². The molecule has 0 radical (unpaired) electrons. The van der Waals surface area contributed by atoms with Gasteiger partial charge in [0.15, 0.2) is 5.75 Å². The van der Waals surface area contributed by atoms with Gasteiger partial charge in [0, 0.05) is 16.7 Å². The number of aromatic nitrogens is 1. The number of aromatic hydroxyl groups is 1. The van der Waals surface area contributed by atoms with E-state index in [4.69, 9.17) is 4.74 Å². The van der Waals surface area contributed by atoms with E-state index in [9.17, 15) is 5.11 Å². The van der Waals surface area contributed by atoms with Crippen molar-refractivity contribution in [2.75, 3.05) is 6.61 Å². The molecule has 0 aliphatic heterocycles. The van der Waals surface area contributed by atoms with Gasteiger partial charge in [-0.15, -0.1) is 0 Å². The fourth-order valence-electron chi connectivity index (χ4n) is 0.664. The lowest BCUT2D eigenvalue weighted by Gasteiger charge is -2.02. The quantitative estimate of drug-likeness (QED) is 0.824. The monoisotopic (exact) mass is 217 g/mol. The van der Waals surface area contributed by atoms with Crippen molar-refractivity contribution in [2.24, 2.45) is 0 Å². The zero-order chi connectivity index (χ0) is 8.27. The third-order valence-corrected chi connectivity index (χ3v) is 1.51. The minimum Gasteiger partial charge on any atom is -0.503 e. The van der Waals surface area contributed by atoms with Gasteiger partial charge in [0.05, 0.1) is 6.61 Å². The lowest BCUT2D eigenvalue weighted by molar-refractivity contribution is 0.304. The molecule has 0 atom stereocenters. The predicted octanol–water partition coefficient (Wildman–Crippen LogP) is 1.95. The van der Waals surface area contributed by atoms with Crippen LogP contribution in [-0.2, 0) is 0 Å². The number of hydrogen-bond donors (Lipinski definition) is 1. The Morgan fingerprint density at radius 2 is 2.45 bits per heavy atom. The Morgan fingerprint density at radius 1 is 1.73 bits per heavy atom. The van der Waals surface area contributed by atoms with Crippen molar-refractivity contribution in [2.45, 2.75) is 6.92 Å². The molecule has 0 bridgehead atoms. The second-order valence-electron chi connectivity index (χ2n) is 1.91. The van der Waals surface area contributed by atoms with Crippen LogP contribution >= 0.6 is 15.9 Å². The van der Waals surface area contributed by atoms with Crippen LogP contribution in [0.2, 0.25) is 0 Å². The molecule has 60 valence electrons. The fraction of sp³-hybridized carbons (Fsp3) is 0.286. The maximum atomic E-state index is 9.20. The second-order valence-corrected chi connectivity index (χ2v) is 2.83. The van der Waals surface area contributed by atoms with Crippen molar-refractivity contribution in [3.63, 3.8) is 0 Å². The second kappa shape index (κ2) is 3.57. The number of hydrogen-bond acceptors (Lipinski definition) is 3. The van der Waals surface area contributed by atoms with Crippen molar-refractivity contribution >= 4 is 15.9 Å². The summed E-state index contributed by atoms with van der Waals surface area (Å²) in [5.41, 5.74) is 0. The molecule has 1 aromatic heterocycles. The van der Waals surface area contributed by atoms with Crippen molar-refractivity contribution in [3.8, 4) is 11.6 Å². The molecule has 0 unspecified atom stereocenters. The summed E-state index contributed by atoms with van der Waals surface area (Å²) in [4.78, 5) is 3.85. The first kappa shape index (κ1) is 8.33. The van der Waals surface area contributed by atoms with Gasteiger partial charge in [-0.1, -0.05) is 0 Å². The number of rotatable bonds is 2. The Labute approximate surface area is 73.2 Å². The van der Waals surface area contributed by atoms with E-state index >= 15 is 0 Å². The highest BCUT2D eigenvalue weighted by atomic mass is 79.9. The zero-order valence-corrected chi connectivity index (χ0v) is 7.63.